The van der Waals surface area contributed by atoms with Gasteiger partial charge in [0, 0.05) is 50.0 Å². The summed E-state index contributed by atoms with van der Waals surface area (Å²) in [6.45, 7) is 2.43. The number of rotatable bonds is 5. The van der Waals surface area contributed by atoms with E-state index in [2.05, 4.69) is 15.0 Å². The summed E-state index contributed by atoms with van der Waals surface area (Å²) in [5.41, 5.74) is 1.56. The molecule has 2 saturated heterocycles. The van der Waals surface area contributed by atoms with Crippen molar-refractivity contribution in [1.29, 1.82) is 0 Å². The minimum absolute atomic E-state index is 0.0866. The van der Waals surface area contributed by atoms with Crippen LogP contribution in [0.2, 0.25) is 5.02 Å². The Morgan fingerprint density at radius 2 is 1.77 bits per heavy atom. The molecule has 0 bridgehead atoms. The lowest BCUT2D eigenvalue weighted by atomic mass is 10.1. The van der Waals surface area contributed by atoms with Crippen molar-refractivity contribution in [1.82, 2.24) is 10.2 Å². The fourth-order valence-electron chi connectivity index (χ4n) is 3.74. The number of carbonyl (C=O) groups excluding carboxylic acids is 1. The second kappa shape index (κ2) is 9.41. The van der Waals surface area contributed by atoms with Crippen LogP contribution in [0.3, 0.4) is 0 Å². The second-order valence-electron chi connectivity index (χ2n) is 7.56. The van der Waals surface area contributed by atoms with Gasteiger partial charge in [-0.25, -0.2) is 0 Å². The first kappa shape index (κ1) is 23.9. The van der Waals surface area contributed by atoms with Gasteiger partial charge in [-0.3, -0.25) is 9.69 Å². The molecule has 0 saturated carbocycles. The van der Waals surface area contributed by atoms with Gasteiger partial charge in [-0.2, -0.15) is 26.3 Å². The number of carbonyl (C=O) groups is 1. The third kappa shape index (κ3) is 5.95. The minimum Gasteiger partial charge on any atom is -0.442 e. The average Bonchev–Trinajstić information content (AvgIpc) is 3.21. The molecule has 0 spiro atoms. The van der Waals surface area contributed by atoms with Gasteiger partial charge in [0.05, 0.1) is 0 Å². The summed E-state index contributed by atoms with van der Waals surface area (Å²) in [6, 6.07) is 4.09. The van der Waals surface area contributed by atoms with E-state index in [0.717, 1.165) is 31.6 Å². The molecule has 1 aromatic rings. The van der Waals surface area contributed by atoms with Crippen LogP contribution in [0.5, 0.6) is 0 Å². The summed E-state index contributed by atoms with van der Waals surface area (Å²) in [4.78, 5) is 15.9. The highest BCUT2D eigenvalue weighted by Crippen LogP contribution is 2.36. The Kier molecular flexibility index (Phi) is 7.27. The highest BCUT2D eigenvalue weighted by atomic mass is 35.5. The van der Waals surface area contributed by atoms with Gasteiger partial charge in [0.1, 0.15) is 6.04 Å². The minimum atomic E-state index is -5.75. The number of anilines is 1. The molecule has 0 aliphatic carbocycles. The highest BCUT2D eigenvalue weighted by molar-refractivity contribution is 6.31. The SMILES string of the molecule is O=C(OC(C(F)(F)F)C(F)(F)F)C1CNCCN1Cc1ccc(N2CCCC2)cc1Cl. The van der Waals surface area contributed by atoms with Crippen molar-refractivity contribution < 1.29 is 35.9 Å². The number of nitrogens with one attached hydrogen (secondary N) is 1. The standard InChI is InChI=1S/C19H22ClF6N3O2/c20-14-9-13(28-6-1-2-7-28)4-3-12(14)11-29-8-5-27-10-15(29)16(30)31-17(18(21,22)23)19(24,25)26/h3-4,9,15,17,27H,1-2,5-8,10-11H2. The Bertz CT molecular complexity index is 769. The lowest BCUT2D eigenvalue weighted by Crippen LogP contribution is -2.57. The fraction of sp³-hybridized carbons (Fsp3) is 0.632. The molecular weight excluding hydrogens is 452 g/mol. The molecule has 2 aliphatic rings. The van der Waals surface area contributed by atoms with Crippen LogP contribution in [-0.4, -0.2) is 68.1 Å². The molecule has 31 heavy (non-hydrogen) atoms. The molecule has 0 amide bonds. The smallest absolute Gasteiger partial charge is 0.434 e. The maximum atomic E-state index is 12.8. The van der Waals surface area contributed by atoms with Crippen molar-refractivity contribution in [3.05, 3.63) is 28.8 Å². The normalized spacial score (nSPS) is 21.0. The quantitative estimate of drug-likeness (QED) is 0.521. The van der Waals surface area contributed by atoms with Gasteiger partial charge in [0.2, 0.25) is 0 Å². The van der Waals surface area contributed by atoms with Gasteiger partial charge in [0.15, 0.2) is 0 Å². The summed E-state index contributed by atoms with van der Waals surface area (Å²) in [6.07, 6.45) is -13.5. The lowest BCUT2D eigenvalue weighted by Gasteiger charge is -2.36. The Hall–Kier alpha value is -1.72. The van der Waals surface area contributed by atoms with Crippen LogP contribution in [0.25, 0.3) is 0 Å². The topological polar surface area (TPSA) is 44.8 Å². The van der Waals surface area contributed by atoms with Crippen LogP contribution >= 0.6 is 11.6 Å². The van der Waals surface area contributed by atoms with Crippen molar-refractivity contribution in [3.63, 3.8) is 0 Å². The molecule has 1 unspecified atom stereocenters. The van der Waals surface area contributed by atoms with E-state index >= 15 is 0 Å². The van der Waals surface area contributed by atoms with E-state index in [1.807, 2.05) is 6.07 Å². The van der Waals surface area contributed by atoms with E-state index < -0.39 is 30.5 Å². The van der Waals surface area contributed by atoms with Gasteiger partial charge in [0.25, 0.3) is 6.10 Å². The van der Waals surface area contributed by atoms with Gasteiger partial charge >= 0.3 is 18.3 Å². The van der Waals surface area contributed by atoms with Gasteiger partial charge in [-0.05, 0) is 30.5 Å². The van der Waals surface area contributed by atoms with Crippen LogP contribution in [-0.2, 0) is 16.1 Å². The van der Waals surface area contributed by atoms with E-state index in [1.54, 1.807) is 12.1 Å². The first-order valence-electron chi connectivity index (χ1n) is 9.79. The number of nitrogens with zero attached hydrogens (tertiary/aromatic N) is 2. The molecule has 1 N–H and O–H groups in total. The molecule has 2 aliphatic heterocycles. The maximum absolute atomic E-state index is 12.8. The van der Waals surface area contributed by atoms with Gasteiger partial charge < -0.3 is 15.0 Å². The number of piperazine rings is 1. The zero-order valence-corrected chi connectivity index (χ0v) is 17.2. The number of ether oxygens (including phenoxy) is 1. The first-order chi connectivity index (χ1) is 14.5. The maximum Gasteiger partial charge on any atom is 0.434 e. The molecule has 3 rings (SSSR count). The summed E-state index contributed by atoms with van der Waals surface area (Å²) in [5.74, 6) is -1.59. The number of esters is 1. The van der Waals surface area contributed by atoms with Crippen LogP contribution in [0.1, 0.15) is 18.4 Å². The number of halogens is 7. The predicted molar refractivity (Wildman–Crippen MR) is 102 cm³/mol. The van der Waals surface area contributed by atoms with E-state index in [1.165, 1.54) is 4.90 Å². The fourth-order valence-corrected chi connectivity index (χ4v) is 3.97. The molecule has 5 nitrogen and oxygen atoms in total. The molecule has 1 aromatic carbocycles. The number of alkyl halides is 6. The monoisotopic (exact) mass is 473 g/mol. The Labute approximate surface area is 180 Å². The number of hydrogen-bond donors (Lipinski definition) is 1. The Morgan fingerprint density at radius 3 is 2.35 bits per heavy atom. The molecule has 174 valence electrons. The van der Waals surface area contributed by atoms with Crippen LogP contribution < -0.4 is 10.2 Å². The van der Waals surface area contributed by atoms with Crippen LogP contribution in [0.4, 0.5) is 32.0 Å². The van der Waals surface area contributed by atoms with Crippen LogP contribution in [0, 0.1) is 0 Å². The molecule has 0 aromatic heterocycles. The third-order valence-electron chi connectivity index (χ3n) is 5.34. The number of hydrogen-bond acceptors (Lipinski definition) is 5. The summed E-state index contributed by atoms with van der Waals surface area (Å²) < 4.78 is 80.4. The number of benzene rings is 1. The van der Waals surface area contributed by atoms with Crippen LogP contribution in [0.15, 0.2) is 18.2 Å². The first-order valence-corrected chi connectivity index (χ1v) is 10.2. The summed E-state index contributed by atoms with van der Waals surface area (Å²) in [7, 11) is 0. The highest BCUT2D eigenvalue weighted by Gasteiger charge is 2.60. The predicted octanol–water partition coefficient (Wildman–Crippen LogP) is 3.75. The van der Waals surface area contributed by atoms with E-state index in [9.17, 15) is 31.1 Å². The average molecular weight is 474 g/mol. The van der Waals surface area contributed by atoms with E-state index in [4.69, 9.17) is 11.6 Å². The molecule has 1 atom stereocenters. The van der Waals surface area contributed by atoms with Crippen molar-refractivity contribution >= 4 is 23.3 Å². The Balaban J connectivity index is 1.72. The molecule has 2 heterocycles. The van der Waals surface area contributed by atoms with E-state index in [-0.39, 0.29) is 19.6 Å². The second-order valence-corrected chi connectivity index (χ2v) is 7.97. The van der Waals surface area contributed by atoms with Crippen molar-refractivity contribution in [2.24, 2.45) is 0 Å². The van der Waals surface area contributed by atoms with Crippen molar-refractivity contribution in [2.45, 2.75) is 43.9 Å². The zero-order chi connectivity index (χ0) is 22.8. The lowest BCUT2D eigenvalue weighted by molar-refractivity contribution is -0.314. The van der Waals surface area contributed by atoms with E-state index in [0.29, 0.717) is 17.1 Å². The van der Waals surface area contributed by atoms with Crippen molar-refractivity contribution in [2.75, 3.05) is 37.6 Å². The summed E-state index contributed by atoms with van der Waals surface area (Å²) >= 11 is 6.38. The molecule has 12 heteroatoms. The molecule has 0 radical (unpaired) electrons. The Morgan fingerprint density at radius 1 is 1.13 bits per heavy atom. The third-order valence-corrected chi connectivity index (χ3v) is 5.69. The largest absolute Gasteiger partial charge is 0.442 e. The summed E-state index contributed by atoms with van der Waals surface area (Å²) in [5, 5.41) is 3.21. The van der Waals surface area contributed by atoms with Gasteiger partial charge in [-0.15, -0.1) is 0 Å². The molecule has 2 fully saturated rings. The van der Waals surface area contributed by atoms with Crippen molar-refractivity contribution in [3.8, 4) is 0 Å². The molecular formula is C19H22ClF6N3O2. The zero-order valence-electron chi connectivity index (χ0n) is 16.4. The van der Waals surface area contributed by atoms with Gasteiger partial charge in [-0.1, -0.05) is 17.7 Å².